The number of carbonyl (C=O) groups excluding carboxylic acids is 1. The van der Waals surface area contributed by atoms with Gasteiger partial charge in [-0.2, -0.15) is 0 Å². The number of amides is 1. The third-order valence-electron chi connectivity index (χ3n) is 7.60. The topological polar surface area (TPSA) is 60.9 Å². The number of aliphatic carboxylic acids is 1. The maximum Gasteiger partial charge on any atom is 0.326 e. The van der Waals surface area contributed by atoms with Crippen molar-refractivity contribution in [3.05, 3.63) is 108 Å². The first-order chi connectivity index (χ1) is 17.1. The molecule has 3 aromatic rings. The van der Waals surface area contributed by atoms with Crippen molar-refractivity contribution >= 4 is 11.9 Å². The Labute approximate surface area is 207 Å². The Bertz CT molecular complexity index is 1100. The van der Waals surface area contributed by atoms with Crippen molar-refractivity contribution in [1.82, 2.24) is 9.80 Å². The molecule has 2 fully saturated rings. The number of piperidine rings is 1. The summed E-state index contributed by atoms with van der Waals surface area (Å²) in [6.45, 7) is 2.31. The quantitative estimate of drug-likeness (QED) is 0.567. The molecule has 1 N–H and O–H groups in total. The molecule has 2 aliphatic rings. The molecule has 0 radical (unpaired) electrons. The molecule has 0 spiro atoms. The minimum Gasteiger partial charge on any atom is -0.480 e. The minimum absolute atomic E-state index is 0.0544. The number of rotatable bonds is 6. The van der Waals surface area contributed by atoms with Gasteiger partial charge >= 0.3 is 5.97 Å². The van der Waals surface area contributed by atoms with Crippen LogP contribution in [0.1, 0.15) is 47.8 Å². The van der Waals surface area contributed by atoms with Crippen molar-refractivity contribution in [2.24, 2.45) is 0 Å². The van der Waals surface area contributed by atoms with E-state index in [9.17, 15) is 14.7 Å². The highest BCUT2D eigenvalue weighted by molar-refractivity contribution is 5.91. The first-order valence-electron chi connectivity index (χ1n) is 12.5. The molecule has 5 rings (SSSR count). The molecule has 0 aliphatic carbocycles. The van der Waals surface area contributed by atoms with Gasteiger partial charge in [-0.05, 0) is 48.4 Å². The van der Waals surface area contributed by atoms with Gasteiger partial charge in [0.1, 0.15) is 6.04 Å². The molecule has 2 heterocycles. The van der Waals surface area contributed by atoms with E-state index >= 15 is 0 Å². The van der Waals surface area contributed by atoms with E-state index < -0.39 is 17.9 Å². The number of carboxylic acid groups (broad SMARTS) is 1. The lowest BCUT2D eigenvalue weighted by Gasteiger charge is -2.37. The van der Waals surface area contributed by atoms with Gasteiger partial charge in [-0.25, -0.2) is 4.79 Å². The molecule has 180 valence electrons. The summed E-state index contributed by atoms with van der Waals surface area (Å²) in [7, 11) is 0. The van der Waals surface area contributed by atoms with Gasteiger partial charge in [0, 0.05) is 19.1 Å². The fraction of sp³-hybridized carbons (Fsp3) is 0.333. The Balaban J connectivity index is 1.39. The van der Waals surface area contributed by atoms with Gasteiger partial charge in [0.05, 0.1) is 5.92 Å². The lowest BCUT2D eigenvalue weighted by molar-refractivity contribution is -0.148. The molecule has 0 bridgehead atoms. The number of benzene rings is 3. The van der Waals surface area contributed by atoms with Gasteiger partial charge in [0.25, 0.3) is 0 Å². The fourth-order valence-electron chi connectivity index (χ4n) is 5.83. The van der Waals surface area contributed by atoms with Crippen LogP contribution in [0.5, 0.6) is 0 Å². The molecule has 5 nitrogen and oxygen atoms in total. The Morgan fingerprint density at radius 3 is 1.94 bits per heavy atom. The molecular weight excluding hydrogens is 436 g/mol. The number of carbonyl (C=O) groups is 2. The van der Waals surface area contributed by atoms with Crippen molar-refractivity contribution in [2.45, 2.75) is 43.2 Å². The standard InChI is InChI=1S/C30H32N2O3/c33-29(28(23-13-6-2-7-14-23)24-15-8-3-9-16-24)32-21-26(19-27(32)30(34)35)31-18-10-17-25(20-31)22-11-4-1-5-12-22/h1-9,11-16,25-28H,10,17-21H2,(H,34,35)/t25-,26+,27+/m1/s1. The lowest BCUT2D eigenvalue weighted by atomic mass is 9.89. The zero-order valence-electron chi connectivity index (χ0n) is 19.9. The van der Waals surface area contributed by atoms with Crippen LogP contribution in [-0.4, -0.2) is 58.5 Å². The van der Waals surface area contributed by atoms with E-state index in [0.717, 1.165) is 37.1 Å². The molecule has 0 aromatic heterocycles. The van der Waals surface area contributed by atoms with Gasteiger partial charge in [-0.1, -0.05) is 91.0 Å². The largest absolute Gasteiger partial charge is 0.480 e. The van der Waals surface area contributed by atoms with Crippen molar-refractivity contribution in [3.8, 4) is 0 Å². The summed E-state index contributed by atoms with van der Waals surface area (Å²) in [5.41, 5.74) is 3.11. The number of carboxylic acids is 1. The van der Waals surface area contributed by atoms with Gasteiger partial charge in [0.15, 0.2) is 0 Å². The van der Waals surface area contributed by atoms with E-state index in [4.69, 9.17) is 0 Å². The summed E-state index contributed by atoms with van der Waals surface area (Å²) >= 11 is 0. The first-order valence-corrected chi connectivity index (χ1v) is 12.5. The number of likely N-dealkylation sites (tertiary alicyclic amines) is 2. The molecule has 0 unspecified atom stereocenters. The summed E-state index contributed by atoms with van der Waals surface area (Å²) in [6, 6.07) is 29.2. The predicted octanol–water partition coefficient (Wildman–Crippen LogP) is 4.75. The summed E-state index contributed by atoms with van der Waals surface area (Å²) in [6.07, 6.45) is 2.69. The highest BCUT2D eigenvalue weighted by Crippen LogP contribution is 2.34. The number of hydrogen-bond acceptors (Lipinski definition) is 3. The Hall–Kier alpha value is -3.44. The Kier molecular flexibility index (Phi) is 6.96. The van der Waals surface area contributed by atoms with Gasteiger partial charge in [0.2, 0.25) is 5.91 Å². The average molecular weight is 469 g/mol. The molecular formula is C30H32N2O3. The van der Waals surface area contributed by atoms with E-state index in [0.29, 0.717) is 18.9 Å². The summed E-state index contributed by atoms with van der Waals surface area (Å²) in [5, 5.41) is 10.1. The summed E-state index contributed by atoms with van der Waals surface area (Å²) < 4.78 is 0. The molecule has 3 aromatic carbocycles. The van der Waals surface area contributed by atoms with E-state index in [2.05, 4.69) is 29.2 Å². The Morgan fingerprint density at radius 1 is 0.800 bits per heavy atom. The smallest absolute Gasteiger partial charge is 0.326 e. The third kappa shape index (κ3) is 5.01. The van der Waals surface area contributed by atoms with E-state index in [1.54, 1.807) is 4.90 Å². The number of hydrogen-bond donors (Lipinski definition) is 1. The van der Waals surface area contributed by atoms with Gasteiger partial charge in [-0.3, -0.25) is 9.69 Å². The van der Waals surface area contributed by atoms with Crippen LogP contribution in [0.4, 0.5) is 0 Å². The minimum atomic E-state index is -0.919. The molecule has 0 saturated carbocycles. The van der Waals surface area contributed by atoms with E-state index in [-0.39, 0.29) is 11.9 Å². The van der Waals surface area contributed by atoms with Crippen LogP contribution in [0.3, 0.4) is 0 Å². The Morgan fingerprint density at radius 2 is 1.37 bits per heavy atom. The maximum absolute atomic E-state index is 14.0. The highest BCUT2D eigenvalue weighted by Gasteiger charge is 2.44. The second kappa shape index (κ2) is 10.4. The fourth-order valence-corrected chi connectivity index (χ4v) is 5.83. The van der Waals surface area contributed by atoms with Crippen LogP contribution in [-0.2, 0) is 9.59 Å². The van der Waals surface area contributed by atoms with E-state index in [1.165, 1.54) is 5.56 Å². The zero-order chi connectivity index (χ0) is 24.2. The highest BCUT2D eigenvalue weighted by atomic mass is 16.4. The van der Waals surface area contributed by atoms with Gasteiger partial charge < -0.3 is 10.0 Å². The SMILES string of the molecule is O=C(O)[C@@H]1C[C@H](N2CCC[C@@H](c3ccccc3)C2)CN1C(=O)C(c1ccccc1)c1ccccc1. The molecule has 5 heteroatoms. The van der Waals surface area contributed by atoms with Crippen LogP contribution in [0.2, 0.25) is 0 Å². The van der Waals surface area contributed by atoms with Crippen molar-refractivity contribution in [2.75, 3.05) is 19.6 Å². The van der Waals surface area contributed by atoms with Crippen LogP contribution >= 0.6 is 0 Å². The molecule has 35 heavy (non-hydrogen) atoms. The van der Waals surface area contributed by atoms with Crippen LogP contribution in [0.15, 0.2) is 91.0 Å². The van der Waals surface area contributed by atoms with Crippen LogP contribution in [0.25, 0.3) is 0 Å². The van der Waals surface area contributed by atoms with Crippen LogP contribution < -0.4 is 0 Å². The third-order valence-corrected chi connectivity index (χ3v) is 7.60. The average Bonchev–Trinajstić information content (AvgIpc) is 3.37. The first kappa shape index (κ1) is 23.3. The van der Waals surface area contributed by atoms with Crippen molar-refractivity contribution in [1.29, 1.82) is 0 Å². The number of nitrogens with zero attached hydrogens (tertiary/aromatic N) is 2. The zero-order valence-corrected chi connectivity index (χ0v) is 19.9. The molecule has 2 saturated heterocycles. The second-order valence-corrected chi connectivity index (χ2v) is 9.73. The van der Waals surface area contributed by atoms with Crippen molar-refractivity contribution < 1.29 is 14.7 Å². The molecule has 1 amide bonds. The monoisotopic (exact) mass is 468 g/mol. The predicted molar refractivity (Wildman–Crippen MR) is 136 cm³/mol. The second-order valence-electron chi connectivity index (χ2n) is 9.73. The molecule has 2 aliphatic heterocycles. The van der Waals surface area contributed by atoms with Crippen molar-refractivity contribution in [3.63, 3.8) is 0 Å². The van der Waals surface area contributed by atoms with Crippen LogP contribution in [0, 0.1) is 0 Å². The van der Waals surface area contributed by atoms with E-state index in [1.807, 2.05) is 66.7 Å². The summed E-state index contributed by atoms with van der Waals surface area (Å²) in [5.74, 6) is -1.12. The summed E-state index contributed by atoms with van der Waals surface area (Å²) in [4.78, 5) is 30.4. The normalized spacial score (nSPS) is 22.9. The van der Waals surface area contributed by atoms with Gasteiger partial charge in [-0.15, -0.1) is 0 Å². The molecule has 3 atom stereocenters. The lowest BCUT2D eigenvalue weighted by Crippen LogP contribution is -2.45. The maximum atomic E-state index is 14.0.